The Hall–Kier alpha value is -2.63. The zero-order valence-corrected chi connectivity index (χ0v) is 17.1. The van der Waals surface area contributed by atoms with Crippen LogP contribution in [-0.4, -0.2) is 30.1 Å². The molecule has 1 aliphatic rings. The lowest BCUT2D eigenvalue weighted by atomic mass is 10.0. The molecule has 2 heterocycles. The maximum Gasteiger partial charge on any atom is 0.262 e. The lowest BCUT2D eigenvalue weighted by Gasteiger charge is -2.25. The first kappa shape index (κ1) is 19.7. The predicted octanol–water partition coefficient (Wildman–Crippen LogP) is 4.81. The molecule has 0 radical (unpaired) electrons. The summed E-state index contributed by atoms with van der Waals surface area (Å²) in [6, 6.07) is 13.8. The van der Waals surface area contributed by atoms with Crippen molar-refractivity contribution in [1.82, 2.24) is 4.90 Å². The molecule has 0 saturated heterocycles. The van der Waals surface area contributed by atoms with Gasteiger partial charge in [-0.05, 0) is 50.1 Å². The van der Waals surface area contributed by atoms with E-state index in [1.54, 1.807) is 35.2 Å². The highest BCUT2D eigenvalue weighted by Gasteiger charge is 2.42. The van der Waals surface area contributed by atoms with Gasteiger partial charge in [0.05, 0.1) is 11.5 Å². The molecule has 6 heteroatoms. The maximum absolute atomic E-state index is 13.2. The van der Waals surface area contributed by atoms with Gasteiger partial charge in [0.25, 0.3) is 5.91 Å². The van der Waals surface area contributed by atoms with Crippen molar-refractivity contribution in [1.29, 1.82) is 0 Å². The fourth-order valence-electron chi connectivity index (χ4n) is 3.72. The smallest absolute Gasteiger partial charge is 0.262 e. The zero-order valence-electron chi connectivity index (χ0n) is 16.4. The van der Waals surface area contributed by atoms with Crippen LogP contribution in [0.3, 0.4) is 0 Å². The Morgan fingerprint density at radius 3 is 2.55 bits per heavy atom. The normalized spacial score (nSPS) is 16.1. The van der Waals surface area contributed by atoms with Gasteiger partial charge in [0, 0.05) is 18.2 Å². The van der Waals surface area contributed by atoms with Gasteiger partial charge in [0.15, 0.2) is 0 Å². The molecule has 0 spiro atoms. The van der Waals surface area contributed by atoms with E-state index in [-0.39, 0.29) is 23.0 Å². The molecular formula is C23H22ClNO4. The Labute approximate surface area is 173 Å². The average molecular weight is 412 g/mol. The summed E-state index contributed by atoms with van der Waals surface area (Å²) in [5, 5.41) is 1.02. The average Bonchev–Trinajstić information content (AvgIpc) is 2.98. The summed E-state index contributed by atoms with van der Waals surface area (Å²) in [6.07, 6.45) is 0.789. The molecule has 0 bridgehead atoms. The maximum atomic E-state index is 13.2. The number of benzene rings is 2. The van der Waals surface area contributed by atoms with Gasteiger partial charge in [-0.25, -0.2) is 0 Å². The number of amides is 1. The molecule has 29 heavy (non-hydrogen) atoms. The second kappa shape index (κ2) is 8.01. The number of para-hydroxylation sites is 1. The van der Waals surface area contributed by atoms with E-state index < -0.39 is 6.04 Å². The number of nitrogens with zero attached hydrogens (tertiary/aromatic N) is 1. The van der Waals surface area contributed by atoms with Crippen LogP contribution in [0.2, 0.25) is 5.02 Å². The van der Waals surface area contributed by atoms with Gasteiger partial charge >= 0.3 is 0 Å². The summed E-state index contributed by atoms with van der Waals surface area (Å²) in [7, 11) is 0. The van der Waals surface area contributed by atoms with Crippen molar-refractivity contribution in [2.24, 2.45) is 0 Å². The SMILES string of the molecule is CC(C)OCCCN1C(=O)c2c(oc3ccccc3c2=O)C1c1ccc(Cl)cc1. The van der Waals surface area contributed by atoms with E-state index in [0.717, 1.165) is 5.56 Å². The Balaban J connectivity index is 1.79. The second-order valence-corrected chi connectivity index (χ2v) is 7.83. The molecular weight excluding hydrogens is 390 g/mol. The van der Waals surface area contributed by atoms with E-state index in [2.05, 4.69) is 0 Å². The quantitative estimate of drug-likeness (QED) is 0.546. The summed E-state index contributed by atoms with van der Waals surface area (Å²) in [5.74, 6) is 0.0924. The molecule has 5 nitrogen and oxygen atoms in total. The summed E-state index contributed by atoms with van der Waals surface area (Å²) in [5.41, 5.74) is 1.16. The Bertz CT molecular complexity index is 1100. The molecule has 0 saturated carbocycles. The first-order valence-corrected chi connectivity index (χ1v) is 10.1. The van der Waals surface area contributed by atoms with Gasteiger partial charge < -0.3 is 14.1 Å². The number of carbonyl (C=O) groups excluding carboxylic acids is 1. The molecule has 1 unspecified atom stereocenters. The van der Waals surface area contributed by atoms with Crippen LogP contribution in [0.25, 0.3) is 11.0 Å². The number of halogens is 1. The molecule has 3 aromatic rings. The van der Waals surface area contributed by atoms with Crippen LogP contribution in [0.15, 0.2) is 57.7 Å². The van der Waals surface area contributed by atoms with Gasteiger partial charge in [0.1, 0.15) is 22.9 Å². The Morgan fingerprint density at radius 1 is 1.10 bits per heavy atom. The first-order chi connectivity index (χ1) is 14.0. The van der Waals surface area contributed by atoms with Crippen molar-refractivity contribution in [3.05, 3.63) is 80.7 Å². The van der Waals surface area contributed by atoms with Crippen molar-refractivity contribution < 1.29 is 13.9 Å². The van der Waals surface area contributed by atoms with E-state index in [1.807, 2.05) is 32.0 Å². The largest absolute Gasteiger partial charge is 0.457 e. The minimum absolute atomic E-state index is 0.119. The van der Waals surface area contributed by atoms with Crippen LogP contribution in [0.4, 0.5) is 0 Å². The summed E-state index contributed by atoms with van der Waals surface area (Å²) < 4.78 is 11.7. The molecule has 2 aromatic carbocycles. The van der Waals surface area contributed by atoms with Gasteiger partial charge in [-0.3, -0.25) is 9.59 Å². The highest BCUT2D eigenvalue weighted by Crippen LogP contribution is 2.39. The molecule has 0 fully saturated rings. The standard InChI is InChI=1S/C23H22ClNO4/c1-14(2)28-13-5-12-25-20(15-8-10-16(24)11-9-15)22-19(23(25)27)21(26)17-6-3-4-7-18(17)29-22/h3-4,6-11,14,20H,5,12-13H2,1-2H3. The third-order valence-corrected chi connectivity index (χ3v) is 5.29. The summed E-state index contributed by atoms with van der Waals surface area (Å²) in [4.78, 5) is 28.0. The van der Waals surface area contributed by atoms with Crippen LogP contribution in [-0.2, 0) is 4.74 Å². The molecule has 1 aromatic heterocycles. The molecule has 4 rings (SSSR count). The topological polar surface area (TPSA) is 59.8 Å². The van der Waals surface area contributed by atoms with Crippen LogP contribution in [0.1, 0.15) is 48.0 Å². The molecule has 0 N–H and O–H groups in total. The molecule has 150 valence electrons. The predicted molar refractivity (Wildman–Crippen MR) is 113 cm³/mol. The molecule has 1 aliphatic heterocycles. The van der Waals surface area contributed by atoms with Crippen LogP contribution in [0.5, 0.6) is 0 Å². The highest BCUT2D eigenvalue weighted by atomic mass is 35.5. The second-order valence-electron chi connectivity index (χ2n) is 7.39. The Morgan fingerprint density at radius 2 is 1.83 bits per heavy atom. The summed E-state index contributed by atoms with van der Waals surface area (Å²) in [6.45, 7) is 4.94. The third kappa shape index (κ3) is 3.68. The number of ether oxygens (including phenoxy) is 1. The summed E-state index contributed by atoms with van der Waals surface area (Å²) >= 11 is 6.05. The van der Waals surface area contributed by atoms with Crippen molar-refractivity contribution in [2.45, 2.75) is 32.4 Å². The van der Waals surface area contributed by atoms with Crippen LogP contribution >= 0.6 is 11.6 Å². The first-order valence-electron chi connectivity index (χ1n) is 9.71. The van der Waals surface area contributed by atoms with Gasteiger partial charge in [-0.15, -0.1) is 0 Å². The van der Waals surface area contributed by atoms with E-state index in [1.165, 1.54) is 0 Å². The highest BCUT2D eigenvalue weighted by molar-refractivity contribution is 6.30. The van der Waals surface area contributed by atoms with E-state index in [4.69, 9.17) is 20.8 Å². The monoisotopic (exact) mass is 411 g/mol. The van der Waals surface area contributed by atoms with E-state index in [9.17, 15) is 9.59 Å². The number of hydrogen-bond acceptors (Lipinski definition) is 4. The van der Waals surface area contributed by atoms with Crippen molar-refractivity contribution in [3.8, 4) is 0 Å². The minimum atomic E-state index is -0.467. The number of carbonyl (C=O) groups is 1. The van der Waals surface area contributed by atoms with Crippen molar-refractivity contribution in [3.63, 3.8) is 0 Å². The van der Waals surface area contributed by atoms with Crippen LogP contribution in [0, 0.1) is 0 Å². The number of fused-ring (bicyclic) bond motifs is 2. The number of rotatable bonds is 6. The minimum Gasteiger partial charge on any atom is -0.457 e. The number of hydrogen-bond donors (Lipinski definition) is 0. The zero-order chi connectivity index (χ0) is 20.5. The van der Waals surface area contributed by atoms with Gasteiger partial charge in [0.2, 0.25) is 5.43 Å². The molecule has 0 aliphatic carbocycles. The van der Waals surface area contributed by atoms with Crippen molar-refractivity contribution >= 4 is 28.5 Å². The van der Waals surface area contributed by atoms with Crippen LogP contribution < -0.4 is 5.43 Å². The van der Waals surface area contributed by atoms with E-state index in [0.29, 0.717) is 41.3 Å². The van der Waals surface area contributed by atoms with Gasteiger partial charge in [-0.2, -0.15) is 0 Å². The molecule has 1 amide bonds. The fourth-order valence-corrected chi connectivity index (χ4v) is 3.84. The molecule has 1 atom stereocenters. The Kier molecular flexibility index (Phi) is 5.43. The van der Waals surface area contributed by atoms with Gasteiger partial charge in [-0.1, -0.05) is 35.9 Å². The lowest BCUT2D eigenvalue weighted by Crippen LogP contribution is -2.31. The van der Waals surface area contributed by atoms with Crippen molar-refractivity contribution in [2.75, 3.05) is 13.2 Å². The third-order valence-electron chi connectivity index (χ3n) is 5.04. The lowest BCUT2D eigenvalue weighted by molar-refractivity contribution is 0.0598. The fraction of sp³-hybridized carbons (Fsp3) is 0.304. The van der Waals surface area contributed by atoms with E-state index >= 15 is 0 Å².